The lowest BCUT2D eigenvalue weighted by Crippen LogP contribution is -2.09. The Morgan fingerprint density at radius 2 is 1.97 bits per heavy atom. The van der Waals surface area contributed by atoms with Gasteiger partial charge in [-0.15, -0.1) is 0 Å². The summed E-state index contributed by atoms with van der Waals surface area (Å²) in [5.74, 6) is 0.0517. The highest BCUT2D eigenvalue weighted by Gasteiger charge is 2.13. The summed E-state index contributed by atoms with van der Waals surface area (Å²) in [6.45, 7) is 5.55. The van der Waals surface area contributed by atoms with Crippen molar-refractivity contribution in [3.05, 3.63) is 86.1 Å². The van der Waals surface area contributed by atoms with Gasteiger partial charge in [0.2, 0.25) is 0 Å². The Balaban J connectivity index is 1.54. The summed E-state index contributed by atoms with van der Waals surface area (Å²) in [4.78, 5) is 28.6. The Kier molecular flexibility index (Phi) is 5.13. The zero-order valence-electron chi connectivity index (χ0n) is 16.6. The van der Waals surface area contributed by atoms with E-state index in [1.54, 1.807) is 28.9 Å². The number of nitrogens with zero attached hydrogens (tertiary/aromatic N) is 3. The maximum Gasteiger partial charge on any atom is 0.340 e. The average Bonchev–Trinajstić information content (AvgIpc) is 3.05. The molecule has 0 spiro atoms. The van der Waals surface area contributed by atoms with E-state index in [0.717, 1.165) is 17.0 Å². The van der Waals surface area contributed by atoms with Gasteiger partial charge in [-0.25, -0.2) is 19.3 Å². The fourth-order valence-electron chi connectivity index (χ4n) is 3.19. The van der Waals surface area contributed by atoms with Crippen LogP contribution in [-0.4, -0.2) is 20.7 Å². The molecule has 8 heteroatoms. The van der Waals surface area contributed by atoms with Crippen LogP contribution in [0.5, 0.6) is 0 Å². The molecule has 0 atom stereocenters. The molecule has 0 bridgehead atoms. The molecule has 1 aromatic carbocycles. The van der Waals surface area contributed by atoms with Crippen molar-refractivity contribution in [2.75, 3.05) is 0 Å². The van der Waals surface area contributed by atoms with Gasteiger partial charge in [-0.1, -0.05) is 11.6 Å². The van der Waals surface area contributed by atoms with Crippen molar-refractivity contribution in [1.29, 1.82) is 0 Å². The first-order valence-corrected chi connectivity index (χ1v) is 9.59. The monoisotopic (exact) mass is 423 g/mol. The summed E-state index contributed by atoms with van der Waals surface area (Å²) in [5.41, 5.74) is 3.30. The third-order valence-electron chi connectivity index (χ3n) is 4.68. The minimum absolute atomic E-state index is 0.0977. The lowest BCUT2D eigenvalue weighted by atomic mass is 10.1. The van der Waals surface area contributed by atoms with Crippen LogP contribution >= 0.6 is 11.6 Å². The van der Waals surface area contributed by atoms with E-state index in [1.165, 1.54) is 12.3 Å². The predicted molar refractivity (Wildman–Crippen MR) is 112 cm³/mol. The molecule has 0 saturated heterocycles. The predicted octanol–water partition coefficient (Wildman–Crippen LogP) is 4.31. The van der Waals surface area contributed by atoms with Crippen LogP contribution in [0.2, 0.25) is 5.02 Å². The Bertz CT molecular complexity index is 1320. The molecule has 0 aliphatic rings. The largest absolute Gasteiger partial charge is 0.457 e. The number of pyridine rings is 1. The second kappa shape index (κ2) is 7.76. The summed E-state index contributed by atoms with van der Waals surface area (Å²) in [5, 5.41) is 5.53. The topological polar surface area (TPSA) is 87.2 Å². The van der Waals surface area contributed by atoms with E-state index in [9.17, 15) is 9.59 Å². The number of ether oxygens (including phenoxy) is 1. The SMILES string of the molecule is Cc1cc(C)n(-c2ccc(C(=O)OCc3cc(=O)oc4cc(C)c(Cl)cc34)cn2)n1. The van der Waals surface area contributed by atoms with Crippen molar-refractivity contribution in [2.45, 2.75) is 27.4 Å². The Labute approximate surface area is 176 Å². The Morgan fingerprint density at radius 1 is 1.17 bits per heavy atom. The highest BCUT2D eigenvalue weighted by molar-refractivity contribution is 6.32. The molecule has 0 aliphatic heterocycles. The van der Waals surface area contributed by atoms with Crippen molar-refractivity contribution >= 4 is 28.5 Å². The molecule has 0 fully saturated rings. The second-order valence-electron chi connectivity index (χ2n) is 7.01. The van der Waals surface area contributed by atoms with E-state index in [-0.39, 0.29) is 6.61 Å². The number of hydrogen-bond acceptors (Lipinski definition) is 6. The second-order valence-corrected chi connectivity index (χ2v) is 7.42. The minimum Gasteiger partial charge on any atom is -0.457 e. The van der Waals surface area contributed by atoms with Crippen LogP contribution in [0.3, 0.4) is 0 Å². The number of aryl methyl sites for hydroxylation is 3. The molecule has 4 rings (SSSR count). The van der Waals surface area contributed by atoms with Gasteiger partial charge in [0.15, 0.2) is 5.82 Å². The number of esters is 1. The van der Waals surface area contributed by atoms with Crippen LogP contribution in [0, 0.1) is 20.8 Å². The highest BCUT2D eigenvalue weighted by Crippen LogP contribution is 2.25. The van der Waals surface area contributed by atoms with Gasteiger partial charge < -0.3 is 9.15 Å². The fourth-order valence-corrected chi connectivity index (χ4v) is 3.35. The standard InChI is InChI=1S/C22H18ClN3O4/c1-12-6-19-17(9-18(12)23)16(8-21(27)30-19)11-29-22(28)15-4-5-20(24-10-15)26-14(3)7-13(2)25-26/h4-10H,11H2,1-3H3. The summed E-state index contributed by atoms with van der Waals surface area (Å²) >= 11 is 6.19. The van der Waals surface area contributed by atoms with E-state index in [2.05, 4.69) is 10.1 Å². The zero-order chi connectivity index (χ0) is 21.4. The molecule has 7 nitrogen and oxygen atoms in total. The normalized spacial score (nSPS) is 11.1. The maximum atomic E-state index is 12.5. The molecule has 152 valence electrons. The van der Waals surface area contributed by atoms with Crippen LogP contribution in [0.1, 0.15) is 32.9 Å². The quantitative estimate of drug-likeness (QED) is 0.359. The summed E-state index contributed by atoms with van der Waals surface area (Å²) < 4.78 is 12.3. The smallest absolute Gasteiger partial charge is 0.340 e. The number of aromatic nitrogens is 3. The molecular weight excluding hydrogens is 406 g/mol. The van der Waals surface area contributed by atoms with Gasteiger partial charge in [0.25, 0.3) is 0 Å². The van der Waals surface area contributed by atoms with Crippen molar-refractivity contribution in [1.82, 2.24) is 14.8 Å². The van der Waals surface area contributed by atoms with E-state index < -0.39 is 11.6 Å². The van der Waals surface area contributed by atoms with Gasteiger partial charge in [-0.3, -0.25) is 0 Å². The van der Waals surface area contributed by atoms with Crippen LogP contribution in [0.15, 0.2) is 51.8 Å². The molecule has 3 heterocycles. The summed E-state index contributed by atoms with van der Waals surface area (Å²) in [7, 11) is 0. The molecule has 0 aliphatic carbocycles. The molecule has 30 heavy (non-hydrogen) atoms. The van der Waals surface area contributed by atoms with E-state index >= 15 is 0 Å². The lowest BCUT2D eigenvalue weighted by molar-refractivity contribution is 0.0473. The van der Waals surface area contributed by atoms with Crippen molar-refractivity contribution in [2.24, 2.45) is 0 Å². The molecule has 4 aromatic rings. The number of fused-ring (bicyclic) bond motifs is 1. The summed E-state index contributed by atoms with van der Waals surface area (Å²) in [6, 6.07) is 9.95. The highest BCUT2D eigenvalue weighted by atomic mass is 35.5. The third kappa shape index (κ3) is 3.84. The van der Waals surface area contributed by atoms with Crippen LogP contribution in [0.25, 0.3) is 16.8 Å². The fraction of sp³-hybridized carbons (Fsp3) is 0.182. The number of halogens is 1. The number of benzene rings is 1. The van der Waals surface area contributed by atoms with Crippen molar-refractivity contribution < 1.29 is 13.9 Å². The third-order valence-corrected chi connectivity index (χ3v) is 5.09. The molecule has 0 amide bonds. The van der Waals surface area contributed by atoms with Crippen molar-refractivity contribution in [3.8, 4) is 5.82 Å². The minimum atomic E-state index is -0.554. The van der Waals surface area contributed by atoms with Crippen LogP contribution in [0.4, 0.5) is 0 Å². The first-order valence-electron chi connectivity index (χ1n) is 9.21. The number of carbonyl (C=O) groups excluding carboxylic acids is 1. The molecule has 3 aromatic heterocycles. The van der Waals surface area contributed by atoms with Gasteiger partial charge in [-0.2, -0.15) is 5.10 Å². The van der Waals surface area contributed by atoms with Gasteiger partial charge >= 0.3 is 11.6 Å². The lowest BCUT2D eigenvalue weighted by Gasteiger charge is -2.09. The molecule has 0 unspecified atom stereocenters. The average molecular weight is 424 g/mol. The van der Waals surface area contributed by atoms with Crippen LogP contribution in [-0.2, 0) is 11.3 Å². The van der Waals surface area contributed by atoms with Gasteiger partial charge in [0.1, 0.15) is 12.2 Å². The van der Waals surface area contributed by atoms with Gasteiger partial charge in [0.05, 0.1) is 11.3 Å². The summed E-state index contributed by atoms with van der Waals surface area (Å²) in [6.07, 6.45) is 1.44. The van der Waals surface area contributed by atoms with E-state index in [4.69, 9.17) is 20.8 Å². The number of rotatable bonds is 4. The maximum absolute atomic E-state index is 12.5. The Morgan fingerprint density at radius 3 is 2.63 bits per heavy atom. The van der Waals surface area contributed by atoms with Crippen LogP contribution < -0.4 is 5.63 Å². The molecule has 0 radical (unpaired) electrons. The molecule has 0 saturated carbocycles. The van der Waals surface area contributed by atoms with Gasteiger partial charge in [0, 0.05) is 33.9 Å². The molecule has 0 N–H and O–H groups in total. The first kappa shape index (κ1) is 19.8. The van der Waals surface area contributed by atoms with Gasteiger partial charge in [-0.05, 0) is 56.7 Å². The first-order chi connectivity index (χ1) is 14.3. The molecular formula is C22H18ClN3O4. The number of hydrogen-bond donors (Lipinski definition) is 0. The van der Waals surface area contributed by atoms with Crippen molar-refractivity contribution in [3.63, 3.8) is 0 Å². The Hall–Kier alpha value is -3.45. The van der Waals surface area contributed by atoms with E-state index in [1.807, 2.05) is 26.8 Å². The number of carbonyl (C=O) groups is 1. The van der Waals surface area contributed by atoms with E-state index in [0.29, 0.717) is 32.9 Å². The zero-order valence-corrected chi connectivity index (χ0v) is 17.4.